The zero-order chi connectivity index (χ0) is 8.97. The second-order valence-electron chi connectivity index (χ2n) is 1.98. The molecule has 0 saturated heterocycles. The number of aliphatic imine (C=N–C) groups is 1. The summed E-state index contributed by atoms with van der Waals surface area (Å²) in [5.74, 6) is -0.101. The summed E-state index contributed by atoms with van der Waals surface area (Å²) < 4.78 is 0. The van der Waals surface area contributed by atoms with Gasteiger partial charge in [-0.2, -0.15) is 4.99 Å². The molecule has 0 aliphatic rings. The van der Waals surface area contributed by atoms with Gasteiger partial charge in [-0.05, 0) is 24.4 Å². The second-order valence-corrected chi connectivity index (χ2v) is 2.16. The Balaban J connectivity index is 2.97. The van der Waals surface area contributed by atoms with Crippen molar-refractivity contribution < 1.29 is 4.79 Å². The molecule has 4 nitrogen and oxygen atoms in total. The number of hydrogen-bond donors (Lipinski definition) is 1. The van der Waals surface area contributed by atoms with E-state index >= 15 is 0 Å². The number of rotatable bonds is 1. The van der Waals surface area contributed by atoms with E-state index in [2.05, 4.69) is 22.2 Å². The molecule has 5 heteroatoms. The monoisotopic (exact) mass is 179 g/mol. The summed E-state index contributed by atoms with van der Waals surface area (Å²) in [4.78, 5) is 18.0. The van der Waals surface area contributed by atoms with Gasteiger partial charge in [-0.3, -0.25) is 4.79 Å². The Hall–Kier alpha value is -1.58. The summed E-state index contributed by atoms with van der Waals surface area (Å²) >= 11 is 4.27. The van der Waals surface area contributed by atoms with Crippen LogP contribution < -0.4 is 5.73 Å². The molecule has 1 aromatic heterocycles. The van der Waals surface area contributed by atoms with Crippen molar-refractivity contribution in [2.75, 3.05) is 5.73 Å². The summed E-state index contributed by atoms with van der Waals surface area (Å²) in [5, 5.41) is 1.98. The van der Waals surface area contributed by atoms with E-state index in [1.165, 1.54) is 18.3 Å². The molecule has 60 valence electrons. The minimum Gasteiger partial charge on any atom is -0.384 e. The van der Waals surface area contributed by atoms with E-state index in [9.17, 15) is 4.79 Å². The Kier molecular flexibility index (Phi) is 2.63. The van der Waals surface area contributed by atoms with Gasteiger partial charge in [0.15, 0.2) is 0 Å². The molecule has 12 heavy (non-hydrogen) atoms. The first-order valence-electron chi connectivity index (χ1n) is 3.08. The van der Waals surface area contributed by atoms with Gasteiger partial charge in [-0.1, -0.05) is 0 Å². The Morgan fingerprint density at radius 1 is 1.67 bits per heavy atom. The van der Waals surface area contributed by atoms with E-state index in [0.29, 0.717) is 11.4 Å². The number of nitrogen functional groups attached to an aromatic ring is 1. The van der Waals surface area contributed by atoms with Gasteiger partial charge in [0.2, 0.25) is 0 Å². The van der Waals surface area contributed by atoms with Crippen LogP contribution in [0.1, 0.15) is 10.4 Å². The third kappa shape index (κ3) is 1.95. The van der Waals surface area contributed by atoms with Gasteiger partial charge in [0.25, 0.3) is 5.91 Å². The zero-order valence-electron chi connectivity index (χ0n) is 6.02. The molecule has 0 unspecified atom stereocenters. The third-order valence-electron chi connectivity index (χ3n) is 1.18. The number of hydrogen-bond acceptors (Lipinski definition) is 4. The maximum absolute atomic E-state index is 11.0. The lowest BCUT2D eigenvalue weighted by atomic mass is 10.3. The maximum atomic E-state index is 11.0. The fraction of sp³-hybridized carbons (Fsp3) is 0. The predicted octanol–water partition coefficient (Wildman–Crippen LogP) is 0.907. The molecule has 1 aromatic rings. The molecule has 0 bridgehead atoms. The summed E-state index contributed by atoms with van der Waals surface area (Å²) in [7, 11) is 0. The van der Waals surface area contributed by atoms with Gasteiger partial charge >= 0.3 is 0 Å². The number of isothiocyanates is 1. The first kappa shape index (κ1) is 8.52. The normalized spacial score (nSPS) is 8.67. The Morgan fingerprint density at radius 2 is 2.42 bits per heavy atom. The molecular weight excluding hydrogens is 174 g/mol. The molecule has 1 heterocycles. The molecular formula is C7H5N3OS. The molecule has 0 aliphatic heterocycles. The molecule has 0 atom stereocenters. The van der Waals surface area contributed by atoms with E-state index in [1.807, 2.05) is 5.16 Å². The van der Waals surface area contributed by atoms with Crippen molar-refractivity contribution >= 4 is 29.1 Å². The standard InChI is InChI=1S/C7H5N3OS/c8-6-2-1-5(3-9-6)7(11)10-4-12/h1-3H,(H2,8,9). The topological polar surface area (TPSA) is 68.3 Å². The number of amides is 1. The van der Waals surface area contributed by atoms with Crippen LogP contribution in [0.25, 0.3) is 0 Å². The highest BCUT2D eigenvalue weighted by Gasteiger charge is 2.01. The lowest BCUT2D eigenvalue weighted by Crippen LogP contribution is -1.96. The van der Waals surface area contributed by atoms with Crippen molar-refractivity contribution in [3.05, 3.63) is 23.9 Å². The molecule has 1 amide bonds. The van der Waals surface area contributed by atoms with Gasteiger partial charge in [-0.25, -0.2) is 4.98 Å². The maximum Gasteiger partial charge on any atom is 0.287 e. The Labute approximate surface area is 74.1 Å². The SMILES string of the molecule is Nc1ccc(C(=O)N=C=S)cn1. The average Bonchev–Trinajstić information content (AvgIpc) is 2.06. The quantitative estimate of drug-likeness (QED) is 0.514. The number of aromatic nitrogens is 1. The lowest BCUT2D eigenvalue weighted by Gasteiger charge is -1.92. The van der Waals surface area contributed by atoms with Crippen LogP contribution in [0.15, 0.2) is 23.3 Å². The number of carbonyl (C=O) groups is 1. The molecule has 1 rings (SSSR count). The molecule has 2 N–H and O–H groups in total. The fourth-order valence-corrected chi connectivity index (χ4v) is 0.721. The molecule has 0 aliphatic carbocycles. The molecule has 0 saturated carbocycles. The molecule has 0 radical (unpaired) electrons. The van der Waals surface area contributed by atoms with Crippen LogP contribution in [0, 0.1) is 0 Å². The van der Waals surface area contributed by atoms with Gasteiger partial charge in [0.1, 0.15) is 5.82 Å². The first-order chi connectivity index (χ1) is 5.74. The van der Waals surface area contributed by atoms with Crippen LogP contribution in [-0.2, 0) is 0 Å². The Bertz CT molecular complexity index is 340. The second kappa shape index (κ2) is 3.71. The number of nitrogens with zero attached hydrogens (tertiary/aromatic N) is 2. The minimum absolute atomic E-state index is 0.349. The largest absolute Gasteiger partial charge is 0.384 e. The van der Waals surface area contributed by atoms with E-state index in [-0.39, 0.29) is 0 Å². The average molecular weight is 179 g/mol. The van der Waals surface area contributed by atoms with Crippen LogP contribution >= 0.6 is 12.2 Å². The van der Waals surface area contributed by atoms with Crippen molar-refractivity contribution in [3.63, 3.8) is 0 Å². The third-order valence-corrected chi connectivity index (χ3v) is 1.27. The number of carbonyl (C=O) groups excluding carboxylic acids is 1. The highest BCUT2D eigenvalue weighted by Crippen LogP contribution is 2.02. The number of anilines is 1. The number of thiocarbonyl (C=S) groups is 1. The van der Waals surface area contributed by atoms with Crippen molar-refractivity contribution in [3.8, 4) is 0 Å². The first-order valence-corrected chi connectivity index (χ1v) is 3.48. The van der Waals surface area contributed by atoms with E-state index < -0.39 is 5.91 Å². The van der Waals surface area contributed by atoms with E-state index in [1.54, 1.807) is 0 Å². The van der Waals surface area contributed by atoms with Gasteiger partial charge in [0.05, 0.1) is 10.7 Å². The highest BCUT2D eigenvalue weighted by molar-refractivity contribution is 7.78. The number of nitrogens with two attached hydrogens (primary N) is 1. The molecule has 0 spiro atoms. The fourth-order valence-electron chi connectivity index (χ4n) is 0.638. The van der Waals surface area contributed by atoms with Crippen molar-refractivity contribution in [2.24, 2.45) is 4.99 Å². The zero-order valence-corrected chi connectivity index (χ0v) is 6.84. The van der Waals surface area contributed by atoms with Gasteiger partial charge < -0.3 is 5.73 Å². The van der Waals surface area contributed by atoms with Crippen LogP contribution in [0.4, 0.5) is 5.82 Å². The van der Waals surface area contributed by atoms with Crippen LogP contribution in [0.5, 0.6) is 0 Å². The molecule has 0 aromatic carbocycles. The smallest absolute Gasteiger partial charge is 0.287 e. The van der Waals surface area contributed by atoms with E-state index in [0.717, 1.165) is 0 Å². The summed E-state index contributed by atoms with van der Waals surface area (Å²) in [6, 6.07) is 3.05. The Morgan fingerprint density at radius 3 is 2.92 bits per heavy atom. The van der Waals surface area contributed by atoms with Crippen molar-refractivity contribution in [1.82, 2.24) is 4.98 Å². The van der Waals surface area contributed by atoms with Gasteiger partial charge in [-0.15, -0.1) is 0 Å². The summed E-state index contributed by atoms with van der Waals surface area (Å²) in [5.41, 5.74) is 5.66. The van der Waals surface area contributed by atoms with Crippen LogP contribution in [-0.4, -0.2) is 16.1 Å². The summed E-state index contributed by atoms with van der Waals surface area (Å²) in [6.45, 7) is 0. The van der Waals surface area contributed by atoms with E-state index in [4.69, 9.17) is 5.73 Å². The van der Waals surface area contributed by atoms with Gasteiger partial charge in [0, 0.05) is 6.20 Å². The lowest BCUT2D eigenvalue weighted by molar-refractivity contribution is 0.100. The van der Waals surface area contributed by atoms with Crippen molar-refractivity contribution in [2.45, 2.75) is 0 Å². The minimum atomic E-state index is -0.461. The van der Waals surface area contributed by atoms with Crippen LogP contribution in [0.3, 0.4) is 0 Å². The summed E-state index contributed by atoms with van der Waals surface area (Å²) in [6.07, 6.45) is 1.34. The molecule has 0 fully saturated rings. The predicted molar refractivity (Wildman–Crippen MR) is 48.0 cm³/mol. The highest BCUT2D eigenvalue weighted by atomic mass is 32.1. The van der Waals surface area contributed by atoms with Crippen LogP contribution in [0.2, 0.25) is 0 Å². The van der Waals surface area contributed by atoms with Crippen molar-refractivity contribution in [1.29, 1.82) is 0 Å². The number of pyridine rings is 1.